The summed E-state index contributed by atoms with van der Waals surface area (Å²) in [6, 6.07) is 10.1. The summed E-state index contributed by atoms with van der Waals surface area (Å²) < 4.78 is 47.3. The van der Waals surface area contributed by atoms with Crippen LogP contribution >= 0.6 is 0 Å². The van der Waals surface area contributed by atoms with Crippen LogP contribution in [-0.2, 0) is 14.8 Å². The number of sulfonamides is 1. The fraction of sp³-hybridized carbons (Fsp3) is 0.381. The fourth-order valence-electron chi connectivity index (χ4n) is 3.19. The molecule has 1 N–H and O–H groups in total. The number of carbonyl (C=O) groups is 1. The number of hydrogen-bond acceptors (Lipinski definition) is 7. The molecule has 9 nitrogen and oxygen atoms in total. The Balaban J connectivity index is 1.62. The second-order valence-corrected chi connectivity index (χ2v) is 8.79. The predicted octanol–water partition coefficient (Wildman–Crippen LogP) is 2.66. The van der Waals surface area contributed by atoms with Gasteiger partial charge >= 0.3 is 0 Å². The van der Waals surface area contributed by atoms with Gasteiger partial charge in [-0.2, -0.15) is 0 Å². The van der Waals surface area contributed by atoms with E-state index in [-0.39, 0.29) is 18.9 Å². The molecule has 0 radical (unpaired) electrons. The van der Waals surface area contributed by atoms with E-state index in [9.17, 15) is 13.2 Å². The summed E-state index contributed by atoms with van der Waals surface area (Å²) in [7, 11) is -0.495. The lowest BCUT2D eigenvalue weighted by atomic mass is 10.2. The van der Waals surface area contributed by atoms with E-state index < -0.39 is 10.0 Å². The van der Waals surface area contributed by atoms with E-state index in [1.807, 2.05) is 0 Å². The van der Waals surface area contributed by atoms with Gasteiger partial charge in [0.25, 0.3) is 0 Å². The molecule has 3 rings (SSSR count). The van der Waals surface area contributed by atoms with Crippen molar-refractivity contribution in [1.29, 1.82) is 0 Å². The van der Waals surface area contributed by atoms with Crippen molar-refractivity contribution in [3.63, 3.8) is 0 Å². The molecule has 1 aliphatic heterocycles. The number of rotatable bonds is 9. The second-order valence-electron chi connectivity index (χ2n) is 6.88. The van der Waals surface area contributed by atoms with Crippen LogP contribution in [0.15, 0.2) is 36.4 Å². The fourth-order valence-corrected chi connectivity index (χ4v) is 4.15. The molecule has 0 aliphatic carbocycles. The number of nitrogens with zero attached hydrogens (tertiary/aromatic N) is 1. The zero-order valence-electron chi connectivity index (χ0n) is 17.7. The number of nitrogens with one attached hydrogen (secondary N) is 1. The van der Waals surface area contributed by atoms with Crippen LogP contribution in [0.1, 0.15) is 12.8 Å². The molecule has 0 atom stereocenters. The van der Waals surface area contributed by atoms with Gasteiger partial charge in [-0.1, -0.05) is 0 Å². The normalized spacial score (nSPS) is 12.7. The van der Waals surface area contributed by atoms with Crippen LogP contribution in [0.2, 0.25) is 0 Å². The number of fused-ring (bicyclic) bond motifs is 1. The SMILES string of the molecule is COc1ccc(NC(=O)CCCN(c2ccc3c(c2)OCCO3)S(C)(=O)=O)cc1OC. The molecule has 2 aromatic carbocycles. The Morgan fingerprint density at radius 3 is 2.42 bits per heavy atom. The van der Waals surface area contributed by atoms with Gasteiger partial charge in [0.2, 0.25) is 15.9 Å². The van der Waals surface area contributed by atoms with E-state index in [0.717, 1.165) is 6.26 Å². The van der Waals surface area contributed by atoms with Crippen LogP contribution in [0, 0.1) is 0 Å². The molecule has 31 heavy (non-hydrogen) atoms. The van der Waals surface area contributed by atoms with E-state index in [1.165, 1.54) is 18.5 Å². The second kappa shape index (κ2) is 9.78. The van der Waals surface area contributed by atoms with Gasteiger partial charge in [0.15, 0.2) is 23.0 Å². The zero-order valence-corrected chi connectivity index (χ0v) is 18.5. The van der Waals surface area contributed by atoms with Crippen molar-refractivity contribution in [1.82, 2.24) is 0 Å². The first kappa shape index (κ1) is 22.5. The Morgan fingerprint density at radius 1 is 1.03 bits per heavy atom. The maximum atomic E-state index is 12.3. The highest BCUT2D eigenvalue weighted by Crippen LogP contribution is 2.35. The van der Waals surface area contributed by atoms with Crippen molar-refractivity contribution in [2.75, 3.05) is 49.9 Å². The number of methoxy groups -OCH3 is 2. The number of benzene rings is 2. The van der Waals surface area contributed by atoms with Gasteiger partial charge in [-0.15, -0.1) is 0 Å². The highest BCUT2D eigenvalue weighted by molar-refractivity contribution is 7.92. The minimum absolute atomic E-state index is 0.144. The Hall–Kier alpha value is -3.14. The smallest absolute Gasteiger partial charge is 0.232 e. The van der Waals surface area contributed by atoms with Crippen LogP contribution in [0.5, 0.6) is 23.0 Å². The average Bonchev–Trinajstić information content (AvgIpc) is 2.75. The third-order valence-corrected chi connectivity index (χ3v) is 5.84. The first-order valence-electron chi connectivity index (χ1n) is 9.71. The van der Waals surface area contributed by atoms with E-state index >= 15 is 0 Å². The molecule has 1 heterocycles. The van der Waals surface area contributed by atoms with Gasteiger partial charge in [-0.05, 0) is 30.7 Å². The minimum Gasteiger partial charge on any atom is -0.493 e. The van der Waals surface area contributed by atoms with Gasteiger partial charge in [0.05, 0.1) is 26.2 Å². The Bertz CT molecular complexity index is 1040. The van der Waals surface area contributed by atoms with Gasteiger partial charge in [0.1, 0.15) is 13.2 Å². The number of carbonyl (C=O) groups excluding carboxylic acids is 1. The largest absolute Gasteiger partial charge is 0.493 e. The maximum Gasteiger partial charge on any atom is 0.232 e. The van der Waals surface area contributed by atoms with Crippen molar-refractivity contribution < 1.29 is 32.2 Å². The Kier molecular flexibility index (Phi) is 7.11. The highest BCUT2D eigenvalue weighted by Gasteiger charge is 2.21. The third kappa shape index (κ3) is 5.72. The summed E-state index contributed by atoms with van der Waals surface area (Å²) in [4.78, 5) is 12.3. The lowest BCUT2D eigenvalue weighted by Crippen LogP contribution is -2.31. The molecule has 168 valence electrons. The van der Waals surface area contributed by atoms with Crippen LogP contribution in [0.25, 0.3) is 0 Å². The molecular weight excluding hydrogens is 424 g/mol. The lowest BCUT2D eigenvalue weighted by molar-refractivity contribution is -0.116. The molecule has 0 unspecified atom stereocenters. The molecule has 0 aromatic heterocycles. The number of amides is 1. The van der Waals surface area contributed by atoms with Gasteiger partial charge in [-0.25, -0.2) is 8.42 Å². The summed E-state index contributed by atoms with van der Waals surface area (Å²) in [6.45, 7) is 1.01. The number of hydrogen-bond donors (Lipinski definition) is 1. The van der Waals surface area contributed by atoms with Crippen molar-refractivity contribution in [3.05, 3.63) is 36.4 Å². The molecule has 2 aromatic rings. The lowest BCUT2D eigenvalue weighted by Gasteiger charge is -2.25. The third-order valence-electron chi connectivity index (χ3n) is 4.65. The molecule has 0 saturated carbocycles. The zero-order chi connectivity index (χ0) is 22.4. The molecule has 0 fully saturated rings. The van der Waals surface area contributed by atoms with E-state index in [4.69, 9.17) is 18.9 Å². The van der Waals surface area contributed by atoms with Crippen LogP contribution < -0.4 is 28.6 Å². The summed E-state index contributed by atoms with van der Waals surface area (Å²) in [5.41, 5.74) is 1.03. The molecule has 0 spiro atoms. The monoisotopic (exact) mass is 450 g/mol. The van der Waals surface area contributed by atoms with Gasteiger partial charge < -0.3 is 24.3 Å². The first-order chi connectivity index (χ1) is 14.8. The predicted molar refractivity (Wildman–Crippen MR) is 117 cm³/mol. The molecule has 1 aliphatic rings. The number of anilines is 2. The summed E-state index contributed by atoms with van der Waals surface area (Å²) in [5.74, 6) is 1.91. The molecule has 10 heteroatoms. The van der Waals surface area contributed by atoms with Crippen molar-refractivity contribution >= 4 is 27.3 Å². The van der Waals surface area contributed by atoms with Crippen LogP contribution in [-0.4, -0.2) is 54.6 Å². The quantitative estimate of drug-likeness (QED) is 0.626. The van der Waals surface area contributed by atoms with Crippen molar-refractivity contribution in [2.45, 2.75) is 12.8 Å². The minimum atomic E-state index is -3.54. The van der Waals surface area contributed by atoms with E-state index in [0.29, 0.717) is 54.0 Å². The van der Waals surface area contributed by atoms with Crippen LogP contribution in [0.4, 0.5) is 11.4 Å². The van der Waals surface area contributed by atoms with E-state index in [1.54, 1.807) is 36.4 Å². The number of ether oxygens (including phenoxy) is 4. The standard InChI is InChI=1S/C21H26N2O7S/c1-27-17-8-6-15(13-19(17)28-2)22-21(24)5-4-10-23(31(3,25)26)16-7-9-18-20(14-16)30-12-11-29-18/h6-9,13-14H,4-5,10-12H2,1-3H3,(H,22,24). The highest BCUT2D eigenvalue weighted by atomic mass is 32.2. The molecule has 0 bridgehead atoms. The summed E-state index contributed by atoms with van der Waals surface area (Å²) >= 11 is 0. The first-order valence-corrected chi connectivity index (χ1v) is 11.6. The van der Waals surface area contributed by atoms with E-state index in [2.05, 4.69) is 5.32 Å². The summed E-state index contributed by atoms with van der Waals surface area (Å²) in [5, 5.41) is 2.78. The topological polar surface area (TPSA) is 103 Å². The van der Waals surface area contributed by atoms with Gasteiger partial charge in [-0.3, -0.25) is 9.10 Å². The average molecular weight is 451 g/mol. The molecule has 0 saturated heterocycles. The van der Waals surface area contributed by atoms with Gasteiger partial charge in [0, 0.05) is 30.8 Å². The van der Waals surface area contributed by atoms with Crippen molar-refractivity contribution in [3.8, 4) is 23.0 Å². The van der Waals surface area contributed by atoms with Crippen LogP contribution in [0.3, 0.4) is 0 Å². The maximum absolute atomic E-state index is 12.3. The Labute approximate surface area is 181 Å². The van der Waals surface area contributed by atoms with Crippen molar-refractivity contribution in [2.24, 2.45) is 0 Å². The molecular formula is C21H26N2O7S. The molecule has 1 amide bonds. The Morgan fingerprint density at radius 2 is 1.74 bits per heavy atom. The summed E-state index contributed by atoms with van der Waals surface area (Å²) in [6.07, 6.45) is 1.61.